The highest BCUT2D eigenvalue weighted by Gasteiger charge is 2.63. The molecule has 0 saturated heterocycles. The number of allylic oxidation sites excluding steroid dienone is 1. The maximum atomic E-state index is 11.0. The van der Waals surface area contributed by atoms with Gasteiger partial charge in [0.15, 0.2) is 0 Å². The average molecular weight is 314 g/mol. The fourth-order valence-electron chi connectivity index (χ4n) is 6.89. The van der Waals surface area contributed by atoms with Crippen LogP contribution in [-0.4, -0.2) is 21.9 Å². The minimum Gasteiger partial charge on any atom is -0.393 e. The van der Waals surface area contributed by atoms with Gasteiger partial charge in [-0.15, -0.1) is 6.42 Å². The van der Waals surface area contributed by atoms with E-state index >= 15 is 0 Å². The van der Waals surface area contributed by atoms with Crippen molar-refractivity contribution in [1.82, 2.24) is 0 Å². The molecule has 0 aromatic rings. The van der Waals surface area contributed by atoms with Gasteiger partial charge in [-0.3, -0.25) is 0 Å². The standard InChI is InChI=1S/C21H30O2/c1-4-21(23)12-9-18-16-6-5-14-13-15(22)7-10-19(14,2)17(16)8-11-20(18,21)3/h1,5,15-18,22-23H,6-13H2,2-3H3/t15-,16?,17?,18?,19?,20?,21-/m0/s1. The summed E-state index contributed by atoms with van der Waals surface area (Å²) >= 11 is 0. The Kier molecular flexibility index (Phi) is 3.33. The number of hydrogen-bond acceptors (Lipinski definition) is 2. The van der Waals surface area contributed by atoms with Crippen LogP contribution < -0.4 is 0 Å². The number of terminal acetylenes is 1. The van der Waals surface area contributed by atoms with Gasteiger partial charge in [-0.05, 0) is 74.5 Å². The predicted octanol–water partition coefficient (Wildman–Crippen LogP) is 3.67. The summed E-state index contributed by atoms with van der Waals surface area (Å²) in [6.07, 6.45) is 16.1. The molecule has 4 aliphatic carbocycles. The van der Waals surface area contributed by atoms with Gasteiger partial charge in [-0.1, -0.05) is 31.4 Å². The second kappa shape index (κ2) is 4.87. The van der Waals surface area contributed by atoms with Crippen LogP contribution in [0.1, 0.15) is 65.2 Å². The van der Waals surface area contributed by atoms with Gasteiger partial charge < -0.3 is 10.2 Å². The van der Waals surface area contributed by atoms with Crippen LogP contribution in [0.25, 0.3) is 0 Å². The van der Waals surface area contributed by atoms with E-state index in [-0.39, 0.29) is 16.9 Å². The van der Waals surface area contributed by atoms with Crippen LogP contribution in [0.15, 0.2) is 11.6 Å². The Labute approximate surface area is 140 Å². The van der Waals surface area contributed by atoms with Gasteiger partial charge in [0.05, 0.1) is 6.10 Å². The lowest BCUT2D eigenvalue weighted by molar-refractivity contribution is -0.0969. The van der Waals surface area contributed by atoms with Crippen LogP contribution in [0.2, 0.25) is 0 Å². The van der Waals surface area contributed by atoms with Gasteiger partial charge >= 0.3 is 0 Å². The fraction of sp³-hybridized carbons (Fsp3) is 0.810. The first kappa shape index (κ1) is 15.7. The summed E-state index contributed by atoms with van der Waals surface area (Å²) < 4.78 is 0. The van der Waals surface area contributed by atoms with Crippen molar-refractivity contribution in [2.24, 2.45) is 28.6 Å². The van der Waals surface area contributed by atoms with E-state index in [1.807, 2.05) is 0 Å². The van der Waals surface area contributed by atoms with Crippen LogP contribution >= 0.6 is 0 Å². The zero-order valence-electron chi connectivity index (χ0n) is 14.5. The van der Waals surface area contributed by atoms with Crippen molar-refractivity contribution in [3.63, 3.8) is 0 Å². The summed E-state index contributed by atoms with van der Waals surface area (Å²) in [6, 6.07) is 0. The Bertz CT molecular complexity index is 587. The maximum Gasteiger partial charge on any atom is 0.130 e. The normalized spacial score (nSPS) is 55.2. The Morgan fingerprint density at radius 2 is 1.87 bits per heavy atom. The summed E-state index contributed by atoms with van der Waals surface area (Å²) in [4.78, 5) is 0. The molecule has 5 unspecified atom stereocenters. The molecular formula is C21H30O2. The van der Waals surface area contributed by atoms with Crippen LogP contribution in [0, 0.1) is 40.9 Å². The van der Waals surface area contributed by atoms with E-state index in [1.54, 1.807) is 0 Å². The highest BCUT2D eigenvalue weighted by atomic mass is 16.3. The molecule has 126 valence electrons. The summed E-state index contributed by atoms with van der Waals surface area (Å²) in [5.41, 5.74) is 0.751. The molecule has 2 N–H and O–H groups in total. The van der Waals surface area contributed by atoms with Crippen LogP contribution in [-0.2, 0) is 0 Å². The van der Waals surface area contributed by atoms with Gasteiger partial charge in [-0.25, -0.2) is 0 Å². The second-order valence-corrected chi connectivity index (χ2v) is 9.16. The minimum atomic E-state index is -0.906. The molecule has 0 radical (unpaired) electrons. The van der Waals surface area contributed by atoms with E-state index in [2.05, 4.69) is 25.8 Å². The molecule has 23 heavy (non-hydrogen) atoms. The van der Waals surface area contributed by atoms with Gasteiger partial charge in [0, 0.05) is 5.41 Å². The van der Waals surface area contributed by atoms with Crippen molar-refractivity contribution < 1.29 is 10.2 Å². The topological polar surface area (TPSA) is 40.5 Å². The third-order valence-electron chi connectivity index (χ3n) is 8.47. The van der Waals surface area contributed by atoms with Crippen molar-refractivity contribution >= 4 is 0 Å². The van der Waals surface area contributed by atoms with E-state index in [9.17, 15) is 10.2 Å². The number of hydrogen-bond donors (Lipinski definition) is 2. The maximum absolute atomic E-state index is 11.0. The molecule has 7 atom stereocenters. The lowest BCUT2D eigenvalue weighted by Gasteiger charge is -2.58. The van der Waals surface area contributed by atoms with E-state index in [0.717, 1.165) is 44.9 Å². The van der Waals surface area contributed by atoms with Crippen molar-refractivity contribution in [2.75, 3.05) is 0 Å². The fourth-order valence-corrected chi connectivity index (χ4v) is 6.89. The molecule has 4 aliphatic rings. The number of fused-ring (bicyclic) bond motifs is 5. The van der Waals surface area contributed by atoms with E-state index in [0.29, 0.717) is 17.8 Å². The van der Waals surface area contributed by atoms with E-state index < -0.39 is 5.60 Å². The van der Waals surface area contributed by atoms with Gasteiger partial charge in [0.2, 0.25) is 0 Å². The largest absolute Gasteiger partial charge is 0.393 e. The molecule has 0 aromatic heterocycles. The molecule has 0 amide bonds. The lowest BCUT2D eigenvalue weighted by atomic mass is 9.47. The first-order valence-corrected chi connectivity index (χ1v) is 9.42. The first-order chi connectivity index (χ1) is 10.8. The molecule has 3 fully saturated rings. The quantitative estimate of drug-likeness (QED) is 0.529. The second-order valence-electron chi connectivity index (χ2n) is 9.16. The molecule has 4 rings (SSSR count). The van der Waals surface area contributed by atoms with E-state index in [1.165, 1.54) is 12.0 Å². The van der Waals surface area contributed by atoms with Crippen LogP contribution in [0.3, 0.4) is 0 Å². The zero-order chi connectivity index (χ0) is 16.5. The first-order valence-electron chi connectivity index (χ1n) is 9.42. The predicted molar refractivity (Wildman–Crippen MR) is 91.5 cm³/mol. The minimum absolute atomic E-state index is 0.112. The summed E-state index contributed by atoms with van der Waals surface area (Å²) in [5, 5.41) is 21.0. The average Bonchev–Trinajstić information content (AvgIpc) is 2.80. The van der Waals surface area contributed by atoms with Gasteiger partial charge in [-0.2, -0.15) is 0 Å². The molecular weight excluding hydrogens is 284 g/mol. The zero-order valence-corrected chi connectivity index (χ0v) is 14.5. The summed E-state index contributed by atoms with van der Waals surface area (Å²) in [7, 11) is 0. The van der Waals surface area contributed by atoms with Crippen LogP contribution in [0.4, 0.5) is 0 Å². The summed E-state index contributed by atoms with van der Waals surface area (Å²) in [5.74, 6) is 4.65. The van der Waals surface area contributed by atoms with Crippen molar-refractivity contribution in [3.8, 4) is 12.3 Å². The lowest BCUT2D eigenvalue weighted by Crippen LogP contribution is -2.54. The van der Waals surface area contributed by atoms with Crippen molar-refractivity contribution in [3.05, 3.63) is 11.6 Å². The third kappa shape index (κ3) is 1.90. The Balaban J connectivity index is 1.69. The van der Waals surface area contributed by atoms with Gasteiger partial charge in [0.25, 0.3) is 0 Å². The van der Waals surface area contributed by atoms with Crippen molar-refractivity contribution in [2.45, 2.75) is 76.9 Å². The smallest absolute Gasteiger partial charge is 0.130 e. The molecule has 0 heterocycles. The Morgan fingerprint density at radius 3 is 2.61 bits per heavy atom. The monoisotopic (exact) mass is 314 g/mol. The Hall–Kier alpha value is -0.780. The van der Waals surface area contributed by atoms with Gasteiger partial charge in [0.1, 0.15) is 5.60 Å². The molecule has 0 aromatic carbocycles. The SMILES string of the molecule is C#C[C@]1(O)CCC2C3CC=C4C[C@@H](O)CCC4(C)C3CCC21C. The Morgan fingerprint density at radius 1 is 1.13 bits per heavy atom. The molecule has 0 bridgehead atoms. The van der Waals surface area contributed by atoms with E-state index in [4.69, 9.17) is 6.42 Å². The number of aliphatic hydroxyl groups excluding tert-OH is 1. The highest BCUT2D eigenvalue weighted by Crippen LogP contribution is 2.66. The molecule has 2 heteroatoms. The number of rotatable bonds is 0. The highest BCUT2D eigenvalue weighted by molar-refractivity contribution is 5.28. The number of aliphatic hydroxyl groups is 2. The third-order valence-corrected chi connectivity index (χ3v) is 8.47. The molecule has 0 aliphatic heterocycles. The molecule has 2 nitrogen and oxygen atoms in total. The molecule has 0 spiro atoms. The molecule has 3 saturated carbocycles. The summed E-state index contributed by atoms with van der Waals surface area (Å²) in [6.45, 7) is 4.68. The van der Waals surface area contributed by atoms with Crippen LogP contribution in [0.5, 0.6) is 0 Å². The van der Waals surface area contributed by atoms with Crippen molar-refractivity contribution in [1.29, 1.82) is 0 Å².